The lowest BCUT2D eigenvalue weighted by atomic mass is 9.80. The van der Waals surface area contributed by atoms with Gasteiger partial charge in [-0.25, -0.2) is 9.97 Å². The fourth-order valence-electron chi connectivity index (χ4n) is 2.98. The molecular formula is C16H26N4O. The van der Waals surface area contributed by atoms with E-state index in [0.29, 0.717) is 23.1 Å². The van der Waals surface area contributed by atoms with Gasteiger partial charge in [-0.15, -0.1) is 0 Å². The molecule has 1 heterocycles. The standard InChI is InChI=1S/C16H26N4O/c1-9(2)15-18-8-12(17)14(20-15)16(21)19-13-6-5-10(3)7-11(13)4/h8-11,13H,5-7,17H2,1-4H3,(H,19,21). The fourth-order valence-corrected chi connectivity index (χ4v) is 2.98. The molecule has 2 rings (SSSR count). The van der Waals surface area contributed by atoms with Crippen molar-refractivity contribution in [2.75, 3.05) is 5.73 Å². The van der Waals surface area contributed by atoms with E-state index >= 15 is 0 Å². The summed E-state index contributed by atoms with van der Waals surface area (Å²) in [5, 5.41) is 3.10. The Kier molecular flexibility index (Phi) is 4.80. The minimum atomic E-state index is -0.178. The molecule has 1 saturated carbocycles. The Labute approximate surface area is 126 Å². The lowest BCUT2D eigenvalue weighted by Crippen LogP contribution is -2.43. The number of carbonyl (C=O) groups excluding carboxylic acids is 1. The van der Waals surface area contributed by atoms with Crippen LogP contribution in [0.25, 0.3) is 0 Å². The van der Waals surface area contributed by atoms with Gasteiger partial charge in [0.15, 0.2) is 5.69 Å². The third-order valence-corrected chi connectivity index (χ3v) is 4.32. The Morgan fingerprint density at radius 1 is 1.38 bits per heavy atom. The van der Waals surface area contributed by atoms with Gasteiger partial charge < -0.3 is 11.1 Å². The van der Waals surface area contributed by atoms with Gasteiger partial charge in [-0.2, -0.15) is 0 Å². The minimum absolute atomic E-state index is 0.173. The van der Waals surface area contributed by atoms with Crippen molar-refractivity contribution >= 4 is 11.6 Å². The summed E-state index contributed by atoms with van der Waals surface area (Å²) in [7, 11) is 0. The maximum Gasteiger partial charge on any atom is 0.272 e. The molecule has 116 valence electrons. The molecule has 3 N–H and O–H groups in total. The van der Waals surface area contributed by atoms with Crippen molar-refractivity contribution in [1.82, 2.24) is 15.3 Å². The molecule has 1 aromatic rings. The molecule has 5 nitrogen and oxygen atoms in total. The normalized spacial score (nSPS) is 25.9. The van der Waals surface area contributed by atoms with Crippen molar-refractivity contribution in [3.63, 3.8) is 0 Å². The molecule has 1 aromatic heterocycles. The third-order valence-electron chi connectivity index (χ3n) is 4.32. The molecule has 0 spiro atoms. The smallest absolute Gasteiger partial charge is 0.272 e. The molecule has 21 heavy (non-hydrogen) atoms. The number of nitrogen functional groups attached to an aromatic ring is 1. The first-order valence-corrected chi connectivity index (χ1v) is 7.81. The molecule has 0 saturated heterocycles. The summed E-state index contributed by atoms with van der Waals surface area (Å²) in [6, 6.07) is 0.213. The molecule has 0 aromatic carbocycles. The first-order valence-electron chi connectivity index (χ1n) is 7.81. The van der Waals surface area contributed by atoms with Gasteiger partial charge in [0.2, 0.25) is 0 Å². The number of hydrogen-bond donors (Lipinski definition) is 2. The highest BCUT2D eigenvalue weighted by molar-refractivity contribution is 5.97. The van der Waals surface area contributed by atoms with Gasteiger partial charge in [0.1, 0.15) is 5.82 Å². The van der Waals surface area contributed by atoms with Crippen LogP contribution < -0.4 is 11.1 Å². The zero-order chi connectivity index (χ0) is 15.6. The van der Waals surface area contributed by atoms with Gasteiger partial charge >= 0.3 is 0 Å². The summed E-state index contributed by atoms with van der Waals surface area (Å²) >= 11 is 0. The molecule has 1 aliphatic rings. The van der Waals surface area contributed by atoms with Crippen LogP contribution in [0.15, 0.2) is 6.20 Å². The summed E-state index contributed by atoms with van der Waals surface area (Å²) in [6.45, 7) is 8.46. The Bertz CT molecular complexity index is 515. The summed E-state index contributed by atoms with van der Waals surface area (Å²) < 4.78 is 0. The van der Waals surface area contributed by atoms with Crippen LogP contribution in [0.1, 0.15) is 69.2 Å². The average Bonchev–Trinajstić information content (AvgIpc) is 2.42. The van der Waals surface area contributed by atoms with Gasteiger partial charge in [0, 0.05) is 12.0 Å². The molecule has 3 unspecified atom stereocenters. The van der Waals surface area contributed by atoms with Crippen LogP contribution >= 0.6 is 0 Å². The number of nitrogens with one attached hydrogen (secondary N) is 1. The monoisotopic (exact) mass is 290 g/mol. The van der Waals surface area contributed by atoms with Gasteiger partial charge in [0.25, 0.3) is 5.91 Å². The second-order valence-corrected chi connectivity index (χ2v) is 6.66. The summed E-state index contributed by atoms with van der Waals surface area (Å²) in [5.74, 6) is 1.88. The maximum absolute atomic E-state index is 12.5. The second-order valence-electron chi connectivity index (χ2n) is 6.66. The maximum atomic E-state index is 12.5. The number of rotatable bonds is 3. The Morgan fingerprint density at radius 3 is 2.71 bits per heavy atom. The van der Waals surface area contributed by atoms with Crippen molar-refractivity contribution in [2.45, 2.75) is 58.9 Å². The van der Waals surface area contributed by atoms with Gasteiger partial charge in [0.05, 0.1) is 11.9 Å². The summed E-state index contributed by atoms with van der Waals surface area (Å²) in [4.78, 5) is 21.0. The van der Waals surface area contributed by atoms with Gasteiger partial charge in [-0.1, -0.05) is 27.7 Å². The molecule has 0 bridgehead atoms. The van der Waals surface area contributed by atoms with E-state index < -0.39 is 0 Å². The average molecular weight is 290 g/mol. The highest BCUT2D eigenvalue weighted by Gasteiger charge is 2.27. The molecule has 1 aliphatic carbocycles. The Morgan fingerprint density at radius 2 is 2.10 bits per heavy atom. The van der Waals surface area contributed by atoms with E-state index in [0.717, 1.165) is 25.2 Å². The van der Waals surface area contributed by atoms with Crippen molar-refractivity contribution in [2.24, 2.45) is 11.8 Å². The minimum Gasteiger partial charge on any atom is -0.396 e. The van der Waals surface area contributed by atoms with E-state index in [1.54, 1.807) is 0 Å². The quantitative estimate of drug-likeness (QED) is 0.897. The van der Waals surface area contributed by atoms with Crippen LogP contribution in [-0.2, 0) is 0 Å². The lowest BCUT2D eigenvalue weighted by Gasteiger charge is -2.33. The van der Waals surface area contributed by atoms with E-state index in [1.807, 2.05) is 13.8 Å². The van der Waals surface area contributed by atoms with Crippen LogP contribution in [0, 0.1) is 11.8 Å². The Hall–Kier alpha value is -1.65. The molecular weight excluding hydrogens is 264 g/mol. The lowest BCUT2D eigenvalue weighted by molar-refractivity contribution is 0.0895. The molecule has 0 aliphatic heterocycles. The SMILES string of the molecule is CC1CCC(NC(=O)c2nc(C(C)C)ncc2N)C(C)C1. The number of carbonyl (C=O) groups is 1. The molecule has 0 radical (unpaired) electrons. The fraction of sp³-hybridized carbons (Fsp3) is 0.688. The van der Waals surface area contributed by atoms with E-state index in [2.05, 4.69) is 29.1 Å². The van der Waals surface area contributed by atoms with Crippen LogP contribution in [0.3, 0.4) is 0 Å². The summed E-state index contributed by atoms with van der Waals surface area (Å²) in [5.41, 5.74) is 6.51. The van der Waals surface area contributed by atoms with Gasteiger partial charge in [-0.05, 0) is 31.1 Å². The predicted octanol–water partition coefficient (Wildman–Crippen LogP) is 2.74. The van der Waals surface area contributed by atoms with Crippen LogP contribution in [0.4, 0.5) is 5.69 Å². The van der Waals surface area contributed by atoms with Crippen molar-refractivity contribution in [1.29, 1.82) is 0 Å². The van der Waals surface area contributed by atoms with E-state index in [-0.39, 0.29) is 17.9 Å². The summed E-state index contributed by atoms with van der Waals surface area (Å²) in [6.07, 6.45) is 4.87. The predicted molar refractivity (Wildman–Crippen MR) is 84.0 cm³/mol. The highest BCUT2D eigenvalue weighted by atomic mass is 16.2. The molecule has 5 heteroatoms. The van der Waals surface area contributed by atoms with E-state index in [1.165, 1.54) is 6.20 Å². The number of aromatic nitrogens is 2. The highest BCUT2D eigenvalue weighted by Crippen LogP contribution is 2.28. The zero-order valence-corrected chi connectivity index (χ0v) is 13.4. The van der Waals surface area contributed by atoms with E-state index in [4.69, 9.17) is 5.73 Å². The molecule has 1 fully saturated rings. The first kappa shape index (κ1) is 15.7. The second kappa shape index (κ2) is 6.41. The number of hydrogen-bond acceptors (Lipinski definition) is 4. The first-order chi connectivity index (χ1) is 9.88. The van der Waals surface area contributed by atoms with Crippen molar-refractivity contribution in [3.05, 3.63) is 17.7 Å². The zero-order valence-electron chi connectivity index (χ0n) is 13.4. The number of anilines is 1. The number of nitrogens with zero attached hydrogens (tertiary/aromatic N) is 2. The molecule has 1 amide bonds. The van der Waals surface area contributed by atoms with Crippen LogP contribution in [0.5, 0.6) is 0 Å². The Balaban J connectivity index is 2.11. The van der Waals surface area contributed by atoms with Crippen LogP contribution in [0.2, 0.25) is 0 Å². The number of nitrogens with two attached hydrogens (primary N) is 1. The third kappa shape index (κ3) is 3.71. The number of amides is 1. The largest absolute Gasteiger partial charge is 0.396 e. The van der Waals surface area contributed by atoms with E-state index in [9.17, 15) is 4.79 Å². The van der Waals surface area contributed by atoms with Crippen molar-refractivity contribution < 1.29 is 4.79 Å². The molecule has 3 atom stereocenters. The van der Waals surface area contributed by atoms with Crippen molar-refractivity contribution in [3.8, 4) is 0 Å². The van der Waals surface area contributed by atoms with Crippen LogP contribution in [-0.4, -0.2) is 21.9 Å². The topological polar surface area (TPSA) is 80.9 Å². The van der Waals surface area contributed by atoms with Gasteiger partial charge in [-0.3, -0.25) is 4.79 Å².